The van der Waals surface area contributed by atoms with Gasteiger partial charge >= 0.3 is 0 Å². The SMILES string of the molecule is C=C(C)CC(CCNNc1c(C)cccc1C(=C)C)Cc1ccccc1.CC. The Bertz CT molecular complexity index is 731. The van der Waals surface area contributed by atoms with Gasteiger partial charge in [-0.2, -0.15) is 0 Å². The summed E-state index contributed by atoms with van der Waals surface area (Å²) in [5, 5.41) is 0. The Balaban J connectivity index is 0.00000190. The molecule has 0 aliphatic rings. The van der Waals surface area contributed by atoms with Crippen LogP contribution in [0.25, 0.3) is 5.57 Å². The van der Waals surface area contributed by atoms with Crippen LogP contribution >= 0.6 is 0 Å². The molecule has 0 saturated carbocycles. The average molecular weight is 379 g/mol. The van der Waals surface area contributed by atoms with Crippen LogP contribution in [0, 0.1) is 12.8 Å². The molecule has 0 amide bonds. The largest absolute Gasteiger partial charge is 0.321 e. The predicted octanol–water partition coefficient (Wildman–Crippen LogP) is 7.19. The normalized spacial score (nSPS) is 11.2. The summed E-state index contributed by atoms with van der Waals surface area (Å²) in [5.74, 6) is 0.599. The molecule has 1 unspecified atom stereocenters. The molecule has 2 aromatic rings. The fourth-order valence-electron chi connectivity index (χ4n) is 3.33. The van der Waals surface area contributed by atoms with Gasteiger partial charge in [-0.3, -0.25) is 0 Å². The van der Waals surface area contributed by atoms with Crippen LogP contribution in [0.1, 0.15) is 57.2 Å². The number of anilines is 1. The molecule has 0 fully saturated rings. The topological polar surface area (TPSA) is 24.1 Å². The van der Waals surface area contributed by atoms with E-state index in [2.05, 4.69) is 86.4 Å². The standard InChI is InChI=1S/C24H32N2.C2H6/c1-18(2)16-22(17-21-11-7-6-8-12-21)14-15-25-26-24-20(5)10-9-13-23(24)19(3)4;1-2/h6-13,22,25-26H,1,3,14-17H2,2,4-5H3;1-2H3. The van der Waals surface area contributed by atoms with Crippen molar-refractivity contribution in [1.29, 1.82) is 0 Å². The predicted molar refractivity (Wildman–Crippen MR) is 127 cm³/mol. The van der Waals surface area contributed by atoms with E-state index >= 15 is 0 Å². The molecule has 28 heavy (non-hydrogen) atoms. The van der Waals surface area contributed by atoms with Gasteiger partial charge in [0.05, 0.1) is 5.69 Å². The molecule has 2 aromatic carbocycles. The minimum atomic E-state index is 0.599. The molecule has 0 aromatic heterocycles. The highest BCUT2D eigenvalue weighted by molar-refractivity contribution is 5.75. The lowest BCUT2D eigenvalue weighted by molar-refractivity contribution is 0.468. The smallest absolute Gasteiger partial charge is 0.0591 e. The van der Waals surface area contributed by atoms with Gasteiger partial charge in [0, 0.05) is 12.1 Å². The van der Waals surface area contributed by atoms with Gasteiger partial charge in [0.1, 0.15) is 0 Å². The Morgan fingerprint density at radius 3 is 2.25 bits per heavy atom. The van der Waals surface area contributed by atoms with Gasteiger partial charge in [0.25, 0.3) is 0 Å². The fourth-order valence-corrected chi connectivity index (χ4v) is 3.33. The van der Waals surface area contributed by atoms with Crippen LogP contribution in [0.4, 0.5) is 5.69 Å². The molecule has 152 valence electrons. The highest BCUT2D eigenvalue weighted by Gasteiger charge is 2.11. The summed E-state index contributed by atoms with van der Waals surface area (Å²) in [6.07, 6.45) is 3.26. The first-order valence-electron chi connectivity index (χ1n) is 10.4. The lowest BCUT2D eigenvalue weighted by Gasteiger charge is -2.19. The van der Waals surface area contributed by atoms with E-state index in [4.69, 9.17) is 0 Å². The van der Waals surface area contributed by atoms with Crippen molar-refractivity contribution in [2.75, 3.05) is 12.0 Å². The number of nitrogens with one attached hydrogen (secondary N) is 2. The highest BCUT2D eigenvalue weighted by Crippen LogP contribution is 2.25. The second kappa shape index (κ2) is 13.0. The first-order valence-corrected chi connectivity index (χ1v) is 10.4. The number of hydrazine groups is 1. The number of aryl methyl sites for hydroxylation is 1. The van der Waals surface area contributed by atoms with Crippen molar-refractivity contribution in [3.63, 3.8) is 0 Å². The summed E-state index contributed by atoms with van der Waals surface area (Å²) < 4.78 is 0. The Labute approximate surface area is 172 Å². The molecular formula is C26H38N2. The molecule has 0 heterocycles. The van der Waals surface area contributed by atoms with Crippen molar-refractivity contribution in [2.45, 2.75) is 53.9 Å². The van der Waals surface area contributed by atoms with Crippen molar-refractivity contribution >= 4 is 11.3 Å². The van der Waals surface area contributed by atoms with E-state index < -0.39 is 0 Å². The zero-order valence-corrected chi connectivity index (χ0v) is 18.4. The maximum absolute atomic E-state index is 4.11. The maximum Gasteiger partial charge on any atom is 0.0591 e. The van der Waals surface area contributed by atoms with E-state index in [0.29, 0.717) is 5.92 Å². The van der Waals surface area contributed by atoms with E-state index in [9.17, 15) is 0 Å². The van der Waals surface area contributed by atoms with Gasteiger partial charge in [-0.1, -0.05) is 74.5 Å². The molecular weight excluding hydrogens is 340 g/mol. The lowest BCUT2D eigenvalue weighted by Crippen LogP contribution is -2.26. The second-order valence-corrected chi connectivity index (χ2v) is 7.34. The number of para-hydroxylation sites is 1. The van der Waals surface area contributed by atoms with Crippen LogP contribution < -0.4 is 10.9 Å². The van der Waals surface area contributed by atoms with Crippen molar-refractivity contribution in [1.82, 2.24) is 5.43 Å². The van der Waals surface area contributed by atoms with Gasteiger partial charge in [0.15, 0.2) is 0 Å². The minimum absolute atomic E-state index is 0.599. The Morgan fingerprint density at radius 2 is 1.64 bits per heavy atom. The van der Waals surface area contributed by atoms with E-state index in [-0.39, 0.29) is 0 Å². The second-order valence-electron chi connectivity index (χ2n) is 7.34. The van der Waals surface area contributed by atoms with Gasteiger partial charge in [0.2, 0.25) is 0 Å². The Morgan fingerprint density at radius 1 is 0.964 bits per heavy atom. The van der Waals surface area contributed by atoms with Crippen molar-refractivity contribution in [2.24, 2.45) is 5.92 Å². The van der Waals surface area contributed by atoms with E-state index in [1.54, 1.807) is 0 Å². The summed E-state index contributed by atoms with van der Waals surface area (Å²) >= 11 is 0. The fraction of sp³-hybridized carbons (Fsp3) is 0.385. The number of benzene rings is 2. The van der Waals surface area contributed by atoms with Gasteiger partial charge in [-0.05, 0) is 62.7 Å². The Hall–Kier alpha value is -2.32. The van der Waals surface area contributed by atoms with Crippen LogP contribution in [-0.4, -0.2) is 6.54 Å². The summed E-state index contributed by atoms with van der Waals surface area (Å²) in [6.45, 7) is 19.4. The summed E-state index contributed by atoms with van der Waals surface area (Å²) in [5.41, 5.74) is 14.0. The Kier molecular flexibility index (Phi) is 11.0. The summed E-state index contributed by atoms with van der Waals surface area (Å²) in [4.78, 5) is 0. The third kappa shape index (κ3) is 8.14. The number of hydrogen-bond acceptors (Lipinski definition) is 2. The molecule has 2 N–H and O–H groups in total. The van der Waals surface area contributed by atoms with Crippen LogP contribution in [-0.2, 0) is 6.42 Å². The molecule has 0 aliphatic carbocycles. The number of allylic oxidation sites excluding steroid dienone is 2. The quantitative estimate of drug-likeness (QED) is 0.260. The molecule has 0 radical (unpaired) electrons. The molecule has 2 heteroatoms. The average Bonchev–Trinajstić information content (AvgIpc) is 2.67. The van der Waals surface area contributed by atoms with E-state index in [0.717, 1.165) is 37.1 Å². The lowest BCUT2D eigenvalue weighted by atomic mass is 9.91. The molecule has 0 bridgehead atoms. The van der Waals surface area contributed by atoms with Crippen LogP contribution in [0.2, 0.25) is 0 Å². The molecule has 2 rings (SSSR count). The summed E-state index contributed by atoms with van der Waals surface area (Å²) in [7, 11) is 0. The highest BCUT2D eigenvalue weighted by atomic mass is 15.4. The maximum atomic E-state index is 4.11. The molecule has 2 nitrogen and oxygen atoms in total. The third-order valence-corrected chi connectivity index (χ3v) is 4.63. The first kappa shape index (κ1) is 23.7. The number of hydrogen-bond donors (Lipinski definition) is 2. The van der Waals surface area contributed by atoms with Crippen LogP contribution in [0.15, 0.2) is 67.3 Å². The van der Waals surface area contributed by atoms with Crippen molar-refractivity contribution < 1.29 is 0 Å². The zero-order valence-electron chi connectivity index (χ0n) is 18.4. The minimum Gasteiger partial charge on any atom is -0.321 e. The summed E-state index contributed by atoms with van der Waals surface area (Å²) in [6, 6.07) is 17.0. The molecule has 0 saturated heterocycles. The van der Waals surface area contributed by atoms with E-state index in [1.807, 2.05) is 20.8 Å². The first-order chi connectivity index (χ1) is 13.5. The molecule has 1 atom stereocenters. The van der Waals surface area contributed by atoms with Crippen LogP contribution in [0.3, 0.4) is 0 Å². The number of rotatable bonds is 10. The third-order valence-electron chi connectivity index (χ3n) is 4.63. The van der Waals surface area contributed by atoms with Crippen LogP contribution in [0.5, 0.6) is 0 Å². The monoisotopic (exact) mass is 378 g/mol. The molecule has 0 spiro atoms. The zero-order chi connectivity index (χ0) is 20.9. The van der Waals surface area contributed by atoms with Gasteiger partial charge < -0.3 is 5.43 Å². The molecule has 0 aliphatic heterocycles. The van der Waals surface area contributed by atoms with Crippen molar-refractivity contribution in [3.05, 3.63) is 84.0 Å². The van der Waals surface area contributed by atoms with Gasteiger partial charge in [-0.15, -0.1) is 6.58 Å². The van der Waals surface area contributed by atoms with E-state index in [1.165, 1.54) is 22.3 Å². The van der Waals surface area contributed by atoms with Gasteiger partial charge in [-0.25, -0.2) is 5.43 Å². The van der Waals surface area contributed by atoms with Crippen molar-refractivity contribution in [3.8, 4) is 0 Å².